The summed E-state index contributed by atoms with van der Waals surface area (Å²) in [6, 6.07) is 12.5. The van der Waals surface area contributed by atoms with Crippen LogP contribution in [0.2, 0.25) is 0 Å². The lowest BCUT2D eigenvalue weighted by Gasteiger charge is -2.31. The molecule has 0 unspecified atom stereocenters. The second-order valence-electron chi connectivity index (χ2n) is 6.11. The van der Waals surface area contributed by atoms with Crippen molar-refractivity contribution in [2.75, 3.05) is 19.5 Å². The molecule has 1 aliphatic heterocycles. The summed E-state index contributed by atoms with van der Waals surface area (Å²) >= 11 is 8.87. The van der Waals surface area contributed by atoms with Crippen molar-refractivity contribution in [3.05, 3.63) is 63.8 Å². The van der Waals surface area contributed by atoms with E-state index in [-0.39, 0.29) is 5.91 Å². The molecule has 8 heteroatoms. The fourth-order valence-corrected chi connectivity index (χ4v) is 3.82. The summed E-state index contributed by atoms with van der Waals surface area (Å²) in [6.07, 6.45) is 0. The van der Waals surface area contributed by atoms with Crippen LogP contribution in [0, 0.1) is 0 Å². The van der Waals surface area contributed by atoms with Crippen LogP contribution >= 0.6 is 28.1 Å². The predicted octanol–water partition coefficient (Wildman–Crippen LogP) is 3.90. The molecule has 6 nitrogen and oxygen atoms in total. The molecule has 3 N–H and O–H groups in total. The normalized spacial score (nSPS) is 16.1. The first-order valence-corrected chi connectivity index (χ1v) is 9.70. The van der Waals surface area contributed by atoms with E-state index in [1.165, 1.54) is 0 Å². The van der Waals surface area contributed by atoms with E-state index in [0.29, 0.717) is 33.6 Å². The predicted molar refractivity (Wildman–Crippen MR) is 117 cm³/mol. The Hall–Kier alpha value is -2.58. The van der Waals surface area contributed by atoms with E-state index in [1.54, 1.807) is 32.4 Å². The number of halogens is 1. The first-order valence-electron chi connectivity index (χ1n) is 8.50. The minimum absolute atomic E-state index is 0.271. The highest BCUT2D eigenvalue weighted by Crippen LogP contribution is 2.34. The minimum atomic E-state index is -0.402. The quantitative estimate of drug-likeness (QED) is 0.586. The lowest BCUT2D eigenvalue weighted by atomic mass is 9.95. The molecule has 0 bridgehead atoms. The third kappa shape index (κ3) is 4.13. The maximum atomic E-state index is 13.2. The van der Waals surface area contributed by atoms with Crippen molar-refractivity contribution in [2.45, 2.75) is 13.0 Å². The van der Waals surface area contributed by atoms with Gasteiger partial charge in [0, 0.05) is 16.2 Å². The van der Waals surface area contributed by atoms with Gasteiger partial charge in [0.25, 0.3) is 5.91 Å². The van der Waals surface area contributed by atoms with Gasteiger partial charge in [-0.15, -0.1) is 0 Å². The highest BCUT2D eigenvalue weighted by atomic mass is 79.9. The van der Waals surface area contributed by atoms with Crippen LogP contribution in [-0.2, 0) is 4.79 Å². The van der Waals surface area contributed by atoms with Crippen LogP contribution in [0.15, 0.2) is 58.2 Å². The van der Waals surface area contributed by atoms with Gasteiger partial charge in [0.15, 0.2) is 5.11 Å². The molecular formula is C20H20BrN3O3S. The molecule has 0 spiro atoms. The Bertz CT molecular complexity index is 961. The Labute approximate surface area is 177 Å². The second-order valence-corrected chi connectivity index (χ2v) is 7.37. The van der Waals surface area contributed by atoms with Gasteiger partial charge in [-0.2, -0.15) is 0 Å². The molecule has 0 aliphatic carbocycles. The number of amides is 1. The number of benzene rings is 2. The van der Waals surface area contributed by atoms with E-state index in [2.05, 4.69) is 31.9 Å². The first kappa shape index (κ1) is 20.2. The molecule has 1 heterocycles. The summed E-state index contributed by atoms with van der Waals surface area (Å²) in [4.78, 5) is 13.2. The Balaban J connectivity index is 2.00. The van der Waals surface area contributed by atoms with Crippen LogP contribution in [0.5, 0.6) is 11.5 Å². The molecule has 28 heavy (non-hydrogen) atoms. The maximum Gasteiger partial charge on any atom is 0.255 e. The Kier molecular flexibility index (Phi) is 6.21. The number of hydrogen-bond donors (Lipinski definition) is 3. The molecule has 0 saturated heterocycles. The molecule has 0 saturated carbocycles. The Morgan fingerprint density at radius 3 is 2.61 bits per heavy atom. The number of methoxy groups -OCH3 is 2. The van der Waals surface area contributed by atoms with E-state index >= 15 is 0 Å². The van der Waals surface area contributed by atoms with Gasteiger partial charge in [0.1, 0.15) is 11.5 Å². The average molecular weight is 462 g/mol. The number of carbonyl (C=O) groups excluding carboxylic acids is 1. The molecule has 1 atom stereocenters. The monoisotopic (exact) mass is 461 g/mol. The molecule has 2 aromatic carbocycles. The summed E-state index contributed by atoms with van der Waals surface area (Å²) in [5.41, 5.74) is 2.65. The molecular weight excluding hydrogens is 442 g/mol. The standard InChI is InChI=1S/C20H20BrN3O3S/c1-11-17(18(24-20(28)22-11)13-6-4-5-7-14(13)21)19(25)23-15-10-12(26-2)8-9-16(15)27-3/h4-10,18H,1-3H3,(H,23,25)(H2,22,24,28)/t18-/m0/s1. The highest BCUT2D eigenvalue weighted by molar-refractivity contribution is 9.10. The van der Waals surface area contributed by atoms with Gasteiger partial charge < -0.3 is 25.4 Å². The molecule has 1 aliphatic rings. The van der Waals surface area contributed by atoms with Crippen LogP contribution in [0.3, 0.4) is 0 Å². The number of anilines is 1. The largest absolute Gasteiger partial charge is 0.497 e. The van der Waals surface area contributed by atoms with Gasteiger partial charge in [-0.1, -0.05) is 34.1 Å². The van der Waals surface area contributed by atoms with E-state index in [4.69, 9.17) is 21.7 Å². The fraction of sp³-hybridized carbons (Fsp3) is 0.200. The van der Waals surface area contributed by atoms with E-state index in [9.17, 15) is 4.79 Å². The molecule has 146 valence electrons. The molecule has 1 amide bonds. The molecule has 0 fully saturated rings. The third-order valence-electron chi connectivity index (χ3n) is 4.38. The highest BCUT2D eigenvalue weighted by Gasteiger charge is 2.31. The van der Waals surface area contributed by atoms with Crippen molar-refractivity contribution < 1.29 is 14.3 Å². The van der Waals surface area contributed by atoms with Gasteiger partial charge in [-0.05, 0) is 42.9 Å². The molecule has 3 rings (SSSR count). The number of rotatable bonds is 5. The Morgan fingerprint density at radius 2 is 1.93 bits per heavy atom. The van der Waals surface area contributed by atoms with Crippen LogP contribution in [0.4, 0.5) is 5.69 Å². The third-order valence-corrected chi connectivity index (χ3v) is 5.33. The number of ether oxygens (including phenoxy) is 2. The SMILES string of the molecule is COc1ccc(OC)c(NC(=O)C2=C(C)NC(=S)N[C@H]2c2ccccc2Br)c1. The number of nitrogens with one attached hydrogen (secondary N) is 3. The van der Waals surface area contributed by atoms with Crippen molar-refractivity contribution in [1.29, 1.82) is 0 Å². The molecule has 0 radical (unpaired) electrons. The number of allylic oxidation sites excluding steroid dienone is 1. The summed E-state index contributed by atoms with van der Waals surface area (Å²) in [7, 11) is 3.12. The van der Waals surface area contributed by atoms with Crippen molar-refractivity contribution >= 4 is 44.9 Å². The van der Waals surface area contributed by atoms with Gasteiger partial charge in [-0.25, -0.2) is 0 Å². The number of carbonyl (C=O) groups is 1. The lowest BCUT2D eigenvalue weighted by Crippen LogP contribution is -2.45. The number of hydrogen-bond acceptors (Lipinski definition) is 4. The first-order chi connectivity index (χ1) is 13.4. The van der Waals surface area contributed by atoms with Gasteiger partial charge in [-0.3, -0.25) is 4.79 Å². The second kappa shape index (κ2) is 8.62. The van der Waals surface area contributed by atoms with Crippen LogP contribution in [-0.4, -0.2) is 25.2 Å². The topological polar surface area (TPSA) is 71.6 Å². The molecule has 0 aromatic heterocycles. The van der Waals surface area contributed by atoms with E-state index in [0.717, 1.165) is 10.0 Å². The van der Waals surface area contributed by atoms with E-state index < -0.39 is 6.04 Å². The lowest BCUT2D eigenvalue weighted by molar-refractivity contribution is -0.113. The Morgan fingerprint density at radius 1 is 1.18 bits per heavy atom. The van der Waals surface area contributed by atoms with Crippen molar-refractivity contribution in [3.8, 4) is 11.5 Å². The average Bonchev–Trinajstić information content (AvgIpc) is 2.67. The van der Waals surface area contributed by atoms with Crippen LogP contribution < -0.4 is 25.4 Å². The summed E-state index contributed by atoms with van der Waals surface area (Å²) in [6.45, 7) is 1.83. The zero-order chi connectivity index (χ0) is 20.3. The summed E-state index contributed by atoms with van der Waals surface area (Å²) < 4.78 is 11.5. The van der Waals surface area contributed by atoms with E-state index in [1.807, 2.05) is 31.2 Å². The fourth-order valence-electron chi connectivity index (χ4n) is 3.04. The van der Waals surface area contributed by atoms with Crippen LogP contribution in [0.25, 0.3) is 0 Å². The summed E-state index contributed by atoms with van der Waals surface area (Å²) in [5, 5.41) is 9.62. The minimum Gasteiger partial charge on any atom is -0.497 e. The van der Waals surface area contributed by atoms with Gasteiger partial charge >= 0.3 is 0 Å². The number of thiocarbonyl (C=S) groups is 1. The maximum absolute atomic E-state index is 13.2. The van der Waals surface area contributed by atoms with Gasteiger partial charge in [0.2, 0.25) is 0 Å². The zero-order valence-corrected chi connectivity index (χ0v) is 18.0. The molecule has 2 aromatic rings. The van der Waals surface area contributed by atoms with Crippen molar-refractivity contribution in [1.82, 2.24) is 10.6 Å². The zero-order valence-electron chi connectivity index (χ0n) is 15.6. The smallest absolute Gasteiger partial charge is 0.255 e. The van der Waals surface area contributed by atoms with Crippen LogP contribution in [0.1, 0.15) is 18.5 Å². The van der Waals surface area contributed by atoms with Crippen molar-refractivity contribution in [2.24, 2.45) is 0 Å². The van der Waals surface area contributed by atoms with Gasteiger partial charge in [0.05, 0.1) is 31.5 Å². The summed E-state index contributed by atoms with van der Waals surface area (Å²) in [5.74, 6) is 0.884. The van der Waals surface area contributed by atoms with Crippen molar-refractivity contribution in [3.63, 3.8) is 0 Å².